The number of amides is 1. The van der Waals surface area contributed by atoms with Gasteiger partial charge in [0.15, 0.2) is 0 Å². The first kappa shape index (κ1) is 16.5. The number of hydrogen-bond donors (Lipinski definition) is 2. The van der Waals surface area contributed by atoms with Crippen LogP contribution in [0.2, 0.25) is 0 Å². The van der Waals surface area contributed by atoms with Crippen molar-refractivity contribution in [2.24, 2.45) is 5.92 Å². The van der Waals surface area contributed by atoms with Gasteiger partial charge in [-0.3, -0.25) is 4.79 Å². The Labute approximate surface area is 158 Å². The number of nitrogen functional groups attached to an aromatic ring is 1. The summed E-state index contributed by atoms with van der Waals surface area (Å²) in [6.45, 7) is 2.34. The lowest BCUT2D eigenvalue weighted by molar-refractivity contribution is -0.147. The molecule has 8 heteroatoms. The highest BCUT2D eigenvalue weighted by Crippen LogP contribution is 2.44. The average Bonchev–Trinajstić information content (AvgIpc) is 3.11. The van der Waals surface area contributed by atoms with Crippen molar-refractivity contribution >= 4 is 17.7 Å². The van der Waals surface area contributed by atoms with Gasteiger partial charge in [-0.1, -0.05) is 6.42 Å². The molecule has 1 saturated heterocycles. The van der Waals surface area contributed by atoms with Crippen LogP contribution in [0.25, 0.3) is 0 Å². The van der Waals surface area contributed by atoms with Crippen molar-refractivity contribution in [3.05, 3.63) is 30.0 Å². The quantitative estimate of drug-likeness (QED) is 0.833. The molecule has 1 spiro atoms. The number of carbonyl (C=O) groups excluding carboxylic acids is 1. The zero-order valence-electron chi connectivity index (χ0n) is 15.4. The van der Waals surface area contributed by atoms with Gasteiger partial charge in [0.05, 0.1) is 17.6 Å². The topological polar surface area (TPSA) is 104 Å². The second kappa shape index (κ2) is 6.21. The van der Waals surface area contributed by atoms with Crippen LogP contribution in [0.3, 0.4) is 0 Å². The standard InChI is InChI=1S/C19H25N7O/c20-15-4-8-21-18(24-15)25-10-6-19(7-11-25)16-14(22-12-23-16)5-9-26(19)17(27)13-2-1-3-13/h4,8,12-13H,1-3,5-7,9-11H2,(H,22,23)(H2,20,21,24). The molecule has 2 aliphatic heterocycles. The normalized spacial score (nSPS) is 21.8. The molecule has 0 bridgehead atoms. The van der Waals surface area contributed by atoms with E-state index in [0.717, 1.165) is 57.4 Å². The summed E-state index contributed by atoms with van der Waals surface area (Å²) in [6.07, 6.45) is 9.23. The lowest BCUT2D eigenvalue weighted by atomic mass is 9.76. The summed E-state index contributed by atoms with van der Waals surface area (Å²) in [7, 11) is 0. The fraction of sp³-hybridized carbons (Fsp3) is 0.579. The zero-order chi connectivity index (χ0) is 18.4. The lowest BCUT2D eigenvalue weighted by Crippen LogP contribution is -2.60. The van der Waals surface area contributed by atoms with Crippen LogP contribution in [-0.4, -0.2) is 50.4 Å². The third-order valence-corrected chi connectivity index (χ3v) is 6.52. The van der Waals surface area contributed by atoms with Gasteiger partial charge in [0.1, 0.15) is 5.82 Å². The molecule has 2 aromatic heterocycles. The van der Waals surface area contributed by atoms with Crippen LogP contribution in [0, 0.1) is 5.92 Å². The summed E-state index contributed by atoms with van der Waals surface area (Å²) in [5.41, 5.74) is 7.76. The maximum absolute atomic E-state index is 13.2. The molecule has 1 saturated carbocycles. The van der Waals surface area contributed by atoms with Crippen molar-refractivity contribution in [3.8, 4) is 0 Å². The maximum Gasteiger partial charge on any atom is 0.227 e. The number of piperidine rings is 1. The van der Waals surface area contributed by atoms with Crippen molar-refractivity contribution < 1.29 is 4.79 Å². The molecule has 27 heavy (non-hydrogen) atoms. The molecule has 0 unspecified atom stereocenters. The summed E-state index contributed by atoms with van der Waals surface area (Å²) in [6, 6.07) is 1.70. The Bertz CT molecular complexity index is 851. The molecule has 3 aliphatic rings. The Balaban J connectivity index is 1.44. The van der Waals surface area contributed by atoms with Crippen molar-refractivity contribution in [2.45, 2.75) is 44.1 Å². The second-order valence-corrected chi connectivity index (χ2v) is 7.90. The minimum atomic E-state index is -0.308. The monoisotopic (exact) mass is 367 g/mol. The number of aromatic nitrogens is 4. The molecule has 0 atom stereocenters. The summed E-state index contributed by atoms with van der Waals surface area (Å²) in [4.78, 5) is 34.2. The van der Waals surface area contributed by atoms with E-state index in [-0.39, 0.29) is 11.5 Å². The lowest BCUT2D eigenvalue weighted by Gasteiger charge is -2.51. The molecule has 2 aromatic rings. The van der Waals surface area contributed by atoms with Gasteiger partial charge in [-0.05, 0) is 31.7 Å². The van der Waals surface area contributed by atoms with Gasteiger partial charge < -0.3 is 20.5 Å². The van der Waals surface area contributed by atoms with Crippen LogP contribution in [0.1, 0.15) is 43.5 Å². The number of anilines is 2. The number of carbonyl (C=O) groups is 1. The predicted molar refractivity (Wildman–Crippen MR) is 101 cm³/mol. The van der Waals surface area contributed by atoms with E-state index in [4.69, 9.17) is 5.73 Å². The number of H-pyrrole nitrogens is 1. The SMILES string of the molecule is Nc1ccnc(N2CCC3(CC2)c2nc[nH]c2CCN3C(=O)C2CCC2)n1. The van der Waals surface area contributed by atoms with Gasteiger partial charge in [-0.15, -0.1) is 0 Å². The molecule has 142 valence electrons. The van der Waals surface area contributed by atoms with E-state index in [1.54, 1.807) is 18.6 Å². The molecular formula is C19H25N7O. The molecule has 1 aliphatic carbocycles. The fourth-order valence-electron chi connectivity index (χ4n) is 4.77. The van der Waals surface area contributed by atoms with E-state index >= 15 is 0 Å². The summed E-state index contributed by atoms with van der Waals surface area (Å²) < 4.78 is 0. The van der Waals surface area contributed by atoms with Gasteiger partial charge >= 0.3 is 0 Å². The van der Waals surface area contributed by atoms with Crippen LogP contribution >= 0.6 is 0 Å². The second-order valence-electron chi connectivity index (χ2n) is 7.90. The van der Waals surface area contributed by atoms with E-state index < -0.39 is 0 Å². The number of aromatic amines is 1. The largest absolute Gasteiger partial charge is 0.384 e. The van der Waals surface area contributed by atoms with Gasteiger partial charge in [0.25, 0.3) is 0 Å². The molecule has 3 N–H and O–H groups in total. The Morgan fingerprint density at radius 1 is 1.22 bits per heavy atom. The summed E-state index contributed by atoms with van der Waals surface area (Å²) >= 11 is 0. The van der Waals surface area contributed by atoms with Gasteiger partial charge in [-0.25, -0.2) is 9.97 Å². The van der Waals surface area contributed by atoms with Crippen molar-refractivity contribution in [1.82, 2.24) is 24.8 Å². The minimum Gasteiger partial charge on any atom is -0.384 e. The van der Waals surface area contributed by atoms with Crippen LogP contribution in [0.15, 0.2) is 18.6 Å². The predicted octanol–water partition coefficient (Wildman–Crippen LogP) is 1.46. The van der Waals surface area contributed by atoms with E-state index in [9.17, 15) is 4.79 Å². The molecule has 0 aromatic carbocycles. The van der Waals surface area contributed by atoms with Gasteiger partial charge in [0, 0.05) is 43.9 Å². The Kier molecular flexibility index (Phi) is 3.80. The van der Waals surface area contributed by atoms with Crippen LogP contribution in [0.4, 0.5) is 11.8 Å². The highest BCUT2D eigenvalue weighted by molar-refractivity contribution is 5.81. The Hall–Kier alpha value is -2.64. The number of imidazole rings is 1. The van der Waals surface area contributed by atoms with Crippen molar-refractivity contribution in [2.75, 3.05) is 30.3 Å². The molecule has 8 nitrogen and oxygen atoms in total. The molecule has 0 radical (unpaired) electrons. The third-order valence-electron chi connectivity index (χ3n) is 6.52. The highest BCUT2D eigenvalue weighted by atomic mass is 16.2. The molecule has 1 amide bonds. The number of hydrogen-bond acceptors (Lipinski definition) is 6. The first-order valence-electron chi connectivity index (χ1n) is 9.85. The van der Waals surface area contributed by atoms with Crippen LogP contribution in [-0.2, 0) is 16.8 Å². The van der Waals surface area contributed by atoms with Crippen molar-refractivity contribution in [1.29, 1.82) is 0 Å². The van der Waals surface area contributed by atoms with E-state index in [1.165, 1.54) is 12.1 Å². The number of nitrogens with one attached hydrogen (secondary N) is 1. The summed E-state index contributed by atoms with van der Waals surface area (Å²) in [5, 5.41) is 0. The average molecular weight is 367 g/mol. The number of rotatable bonds is 2. The van der Waals surface area contributed by atoms with Gasteiger partial charge in [-0.2, -0.15) is 4.98 Å². The number of nitrogens with two attached hydrogens (primary N) is 1. The Morgan fingerprint density at radius 3 is 2.74 bits per heavy atom. The molecule has 5 rings (SSSR count). The summed E-state index contributed by atoms with van der Waals surface area (Å²) in [5.74, 6) is 1.68. The third kappa shape index (κ3) is 2.57. The first-order chi connectivity index (χ1) is 13.2. The van der Waals surface area contributed by atoms with E-state index in [0.29, 0.717) is 17.7 Å². The fourth-order valence-corrected chi connectivity index (χ4v) is 4.77. The van der Waals surface area contributed by atoms with Crippen molar-refractivity contribution in [3.63, 3.8) is 0 Å². The minimum absolute atomic E-state index is 0.206. The smallest absolute Gasteiger partial charge is 0.227 e. The number of fused-ring (bicyclic) bond motifs is 2. The molecule has 2 fully saturated rings. The van der Waals surface area contributed by atoms with Crippen LogP contribution in [0.5, 0.6) is 0 Å². The zero-order valence-corrected chi connectivity index (χ0v) is 15.4. The van der Waals surface area contributed by atoms with Gasteiger partial charge in [0.2, 0.25) is 11.9 Å². The molecule has 4 heterocycles. The molecular weight excluding hydrogens is 342 g/mol. The van der Waals surface area contributed by atoms with E-state index in [2.05, 4.69) is 29.7 Å². The van der Waals surface area contributed by atoms with E-state index in [1.807, 2.05) is 0 Å². The number of nitrogens with zero attached hydrogens (tertiary/aromatic N) is 5. The highest BCUT2D eigenvalue weighted by Gasteiger charge is 2.50. The Morgan fingerprint density at radius 2 is 2.04 bits per heavy atom. The maximum atomic E-state index is 13.2. The first-order valence-corrected chi connectivity index (χ1v) is 9.85. The van der Waals surface area contributed by atoms with Crippen LogP contribution < -0.4 is 10.6 Å².